The smallest absolute Gasteiger partial charge is 0.159 e. The second kappa shape index (κ2) is 14.1. The van der Waals surface area contributed by atoms with Gasteiger partial charge in [-0.2, -0.15) is 0 Å². The van der Waals surface area contributed by atoms with Gasteiger partial charge >= 0.3 is 0 Å². The molecule has 0 N–H and O–H groups in total. The average Bonchev–Trinajstić information content (AvgIpc) is 3.89. The Bertz CT molecular complexity index is 3410. The molecule has 1 unspecified atom stereocenters. The fraction of sp³-hybridized carbons (Fsp3) is 0.119. The molecule has 3 heteroatoms. The van der Waals surface area contributed by atoms with Crippen LogP contribution in [0.25, 0.3) is 76.2 Å². The Morgan fingerprint density at radius 1 is 0.355 bits per heavy atom. The van der Waals surface area contributed by atoms with E-state index in [0.29, 0.717) is 0 Å². The van der Waals surface area contributed by atoms with Crippen molar-refractivity contribution in [2.75, 3.05) is 4.90 Å². The van der Waals surface area contributed by atoms with E-state index in [2.05, 4.69) is 209 Å². The quantitative estimate of drug-likeness (QED) is 0.113. The van der Waals surface area contributed by atoms with Crippen LogP contribution in [0.1, 0.15) is 73.3 Å². The van der Waals surface area contributed by atoms with Gasteiger partial charge in [-0.1, -0.05) is 173 Å². The van der Waals surface area contributed by atoms with Gasteiger partial charge in [0, 0.05) is 44.1 Å². The lowest BCUT2D eigenvalue weighted by Gasteiger charge is -2.30. The zero-order chi connectivity index (χ0) is 41.6. The van der Waals surface area contributed by atoms with Gasteiger partial charge in [0.25, 0.3) is 0 Å². The molecule has 3 nitrogen and oxygen atoms in total. The molecular weight excluding hydrogens is 755 g/mol. The second-order valence-electron chi connectivity index (χ2n) is 17.5. The van der Waals surface area contributed by atoms with E-state index in [1.165, 1.54) is 60.1 Å². The molecule has 12 rings (SSSR count). The largest absolute Gasteiger partial charge is 0.456 e. The molecule has 2 heterocycles. The van der Waals surface area contributed by atoms with Crippen LogP contribution >= 0.6 is 0 Å². The van der Waals surface area contributed by atoms with Gasteiger partial charge in [-0.25, -0.2) is 0 Å². The Hall–Kier alpha value is -7.36. The standard InChI is InChI=1S/C59H45NO2/c1-35(2)48-33-50(55(37-17-7-5-8-18-37)47-25-15-23-44-39-21-11-13-27-53(39)61-58(44)47)43-30-29-42-49(36(3)4)34-52(46-32-31-41(48)56(43)57(42)46)60(38-19-9-6-10-20-38)51-26-16-24-45-40-22-12-14-28-54(40)62-59(45)51/h5-36,55H,1-4H3. The zero-order valence-corrected chi connectivity index (χ0v) is 35.3. The third-order valence-corrected chi connectivity index (χ3v) is 13.3. The van der Waals surface area contributed by atoms with Crippen LogP contribution in [0.15, 0.2) is 191 Å². The van der Waals surface area contributed by atoms with E-state index >= 15 is 0 Å². The van der Waals surface area contributed by atoms with E-state index in [1.54, 1.807) is 0 Å². The third-order valence-electron chi connectivity index (χ3n) is 13.3. The van der Waals surface area contributed by atoms with Crippen LogP contribution in [0, 0.1) is 0 Å². The van der Waals surface area contributed by atoms with E-state index in [1.807, 2.05) is 6.07 Å². The van der Waals surface area contributed by atoms with E-state index in [-0.39, 0.29) is 17.8 Å². The Kier molecular flexibility index (Phi) is 8.30. The van der Waals surface area contributed by atoms with Gasteiger partial charge in [-0.05, 0) is 97.4 Å². The highest BCUT2D eigenvalue weighted by molar-refractivity contribution is 6.28. The van der Waals surface area contributed by atoms with Crippen molar-refractivity contribution in [2.45, 2.75) is 45.4 Å². The van der Waals surface area contributed by atoms with Gasteiger partial charge in [0.15, 0.2) is 5.58 Å². The molecule has 0 saturated heterocycles. The fourth-order valence-electron chi connectivity index (χ4n) is 10.5. The molecule has 2 aromatic heterocycles. The first-order valence-electron chi connectivity index (χ1n) is 21.9. The molecule has 0 amide bonds. The summed E-state index contributed by atoms with van der Waals surface area (Å²) < 4.78 is 13.6. The molecule has 0 aliphatic rings. The van der Waals surface area contributed by atoms with E-state index in [4.69, 9.17) is 8.83 Å². The van der Waals surface area contributed by atoms with Gasteiger partial charge in [0.2, 0.25) is 0 Å². The van der Waals surface area contributed by atoms with Crippen LogP contribution in [0.5, 0.6) is 0 Å². The lowest BCUT2D eigenvalue weighted by Crippen LogP contribution is -2.12. The van der Waals surface area contributed by atoms with Crippen molar-refractivity contribution in [3.05, 3.63) is 210 Å². The van der Waals surface area contributed by atoms with Gasteiger partial charge in [-0.15, -0.1) is 0 Å². The molecule has 0 aliphatic carbocycles. The third kappa shape index (κ3) is 5.44. The number of fused-ring (bicyclic) bond motifs is 6. The van der Waals surface area contributed by atoms with Crippen molar-refractivity contribution in [1.29, 1.82) is 0 Å². The van der Waals surface area contributed by atoms with Gasteiger partial charge in [0.05, 0.1) is 11.4 Å². The van der Waals surface area contributed by atoms with Crippen LogP contribution in [-0.4, -0.2) is 0 Å². The first kappa shape index (κ1) is 36.5. The molecular formula is C59H45NO2. The molecule has 0 radical (unpaired) electrons. The summed E-state index contributed by atoms with van der Waals surface area (Å²) in [6, 6.07) is 66.4. The molecule has 298 valence electrons. The molecule has 0 fully saturated rings. The van der Waals surface area contributed by atoms with Crippen LogP contribution < -0.4 is 4.90 Å². The summed E-state index contributed by atoms with van der Waals surface area (Å²) in [6.07, 6.45) is 0. The summed E-state index contributed by atoms with van der Waals surface area (Å²) in [6.45, 7) is 9.33. The lowest BCUT2D eigenvalue weighted by molar-refractivity contribution is 0.661. The summed E-state index contributed by atoms with van der Waals surface area (Å²) in [4.78, 5) is 2.43. The average molecular weight is 800 g/mol. The van der Waals surface area contributed by atoms with Gasteiger partial charge < -0.3 is 13.7 Å². The SMILES string of the molecule is CC(C)c1cc(C(c2ccccc2)c2cccc3c2oc2ccccc23)c2ccc3c(C(C)C)cc(N(c4ccccc4)c4cccc5c4oc4ccccc45)c4ccc1c2c34. The lowest BCUT2D eigenvalue weighted by atomic mass is 9.77. The molecule has 0 bridgehead atoms. The summed E-state index contributed by atoms with van der Waals surface area (Å²) in [5.74, 6) is 0.468. The summed E-state index contributed by atoms with van der Waals surface area (Å²) in [5.41, 5.74) is 13.2. The molecule has 0 saturated carbocycles. The van der Waals surface area contributed by atoms with Crippen molar-refractivity contribution in [2.24, 2.45) is 0 Å². The Balaban J connectivity index is 1.21. The highest BCUT2D eigenvalue weighted by atomic mass is 16.3. The van der Waals surface area contributed by atoms with Crippen molar-refractivity contribution in [3.63, 3.8) is 0 Å². The predicted molar refractivity (Wildman–Crippen MR) is 261 cm³/mol. The van der Waals surface area contributed by atoms with Gasteiger partial charge in [0.1, 0.15) is 16.7 Å². The van der Waals surface area contributed by atoms with Crippen molar-refractivity contribution in [3.8, 4) is 0 Å². The van der Waals surface area contributed by atoms with Crippen molar-refractivity contribution >= 4 is 93.3 Å². The number of furan rings is 2. The molecule has 12 aromatic rings. The molecule has 0 spiro atoms. The molecule has 1 atom stereocenters. The fourth-order valence-corrected chi connectivity index (χ4v) is 10.5. The zero-order valence-electron chi connectivity index (χ0n) is 35.3. The Morgan fingerprint density at radius 2 is 0.855 bits per heavy atom. The van der Waals surface area contributed by atoms with Crippen molar-refractivity contribution in [1.82, 2.24) is 0 Å². The number of hydrogen-bond acceptors (Lipinski definition) is 3. The minimum Gasteiger partial charge on any atom is -0.456 e. The number of para-hydroxylation sites is 5. The summed E-state index contributed by atoms with van der Waals surface area (Å²) in [5, 5.41) is 12.2. The number of benzene rings is 10. The van der Waals surface area contributed by atoms with Crippen LogP contribution in [0.2, 0.25) is 0 Å². The van der Waals surface area contributed by atoms with E-state index < -0.39 is 0 Å². The van der Waals surface area contributed by atoms with Gasteiger partial charge in [-0.3, -0.25) is 0 Å². The normalized spacial score (nSPS) is 12.7. The molecule has 0 aliphatic heterocycles. The number of hydrogen-bond donors (Lipinski definition) is 0. The van der Waals surface area contributed by atoms with Crippen molar-refractivity contribution < 1.29 is 8.83 Å². The maximum atomic E-state index is 6.82. The number of nitrogens with zero attached hydrogens (tertiary/aromatic N) is 1. The second-order valence-corrected chi connectivity index (χ2v) is 17.5. The maximum absolute atomic E-state index is 6.82. The molecule has 62 heavy (non-hydrogen) atoms. The topological polar surface area (TPSA) is 29.5 Å². The summed E-state index contributed by atoms with van der Waals surface area (Å²) in [7, 11) is 0. The van der Waals surface area contributed by atoms with E-state index in [0.717, 1.165) is 60.9 Å². The highest BCUT2D eigenvalue weighted by Crippen LogP contribution is 2.52. The molecule has 10 aromatic carbocycles. The van der Waals surface area contributed by atoms with Crippen LogP contribution in [0.4, 0.5) is 17.1 Å². The van der Waals surface area contributed by atoms with E-state index in [9.17, 15) is 0 Å². The Labute approximate surface area is 360 Å². The Morgan fingerprint density at radius 3 is 1.52 bits per heavy atom. The highest BCUT2D eigenvalue weighted by Gasteiger charge is 2.29. The first-order valence-corrected chi connectivity index (χ1v) is 21.9. The van der Waals surface area contributed by atoms with Crippen LogP contribution in [-0.2, 0) is 0 Å². The maximum Gasteiger partial charge on any atom is 0.159 e. The summed E-state index contributed by atoms with van der Waals surface area (Å²) >= 11 is 0. The number of rotatable bonds is 8. The minimum absolute atomic E-state index is 0.0851. The predicted octanol–water partition coefficient (Wildman–Crippen LogP) is 17.3. The number of anilines is 3. The monoisotopic (exact) mass is 799 g/mol. The first-order chi connectivity index (χ1) is 30.4. The minimum atomic E-state index is -0.0851. The van der Waals surface area contributed by atoms with Crippen LogP contribution in [0.3, 0.4) is 0 Å².